The fraction of sp³-hybridized carbons (Fsp3) is 0.143. The van der Waals surface area contributed by atoms with Crippen LogP contribution in [0.25, 0.3) is 0 Å². The summed E-state index contributed by atoms with van der Waals surface area (Å²) in [6.45, 7) is 1.54. The van der Waals surface area contributed by atoms with Crippen molar-refractivity contribution in [3.05, 3.63) is 58.1 Å². The molecule has 0 saturated carbocycles. The highest BCUT2D eigenvalue weighted by atomic mass is 79.9. The number of rotatable bonds is 3. The first-order valence-corrected chi connectivity index (χ1v) is 6.36. The third-order valence-electron chi connectivity index (χ3n) is 2.50. The predicted molar refractivity (Wildman–Crippen MR) is 71.2 cm³/mol. The molecule has 5 heteroatoms. The highest BCUT2D eigenvalue weighted by Crippen LogP contribution is 2.29. The monoisotopic (exact) mass is 328 g/mol. The molecule has 0 spiro atoms. The van der Waals surface area contributed by atoms with Crippen LogP contribution in [0.4, 0.5) is 8.78 Å². The first kappa shape index (κ1) is 14.0. The molecule has 2 aromatic rings. The number of ether oxygens (including phenoxy) is 1. The van der Waals surface area contributed by atoms with Crippen LogP contribution in [0.3, 0.4) is 0 Å². The lowest BCUT2D eigenvalue weighted by molar-refractivity contribution is 0.198. The zero-order valence-electron chi connectivity index (χ0n) is 10.0. The molecular weight excluding hydrogens is 318 g/mol. The van der Waals surface area contributed by atoms with E-state index in [1.54, 1.807) is 13.0 Å². The molecule has 0 saturated heterocycles. The Morgan fingerprint density at radius 1 is 1.16 bits per heavy atom. The lowest BCUT2D eigenvalue weighted by Crippen LogP contribution is -1.95. The summed E-state index contributed by atoms with van der Waals surface area (Å²) in [6, 6.07) is 8.11. The molecule has 0 aliphatic rings. The average molecular weight is 329 g/mol. The third kappa shape index (κ3) is 3.52. The van der Waals surface area contributed by atoms with Gasteiger partial charge in [0, 0.05) is 10.5 Å². The van der Waals surface area contributed by atoms with E-state index in [4.69, 9.17) is 4.74 Å². The Bertz CT molecular complexity index is 580. The van der Waals surface area contributed by atoms with Gasteiger partial charge < -0.3 is 9.84 Å². The van der Waals surface area contributed by atoms with Gasteiger partial charge in [-0.2, -0.15) is 0 Å². The Morgan fingerprint density at radius 3 is 2.47 bits per heavy atom. The smallest absolute Gasteiger partial charge is 0.166 e. The van der Waals surface area contributed by atoms with Crippen LogP contribution in [0.1, 0.15) is 18.6 Å². The molecule has 0 fully saturated rings. The maximum Gasteiger partial charge on any atom is 0.166 e. The Kier molecular flexibility index (Phi) is 4.17. The minimum Gasteiger partial charge on any atom is -0.454 e. The molecule has 0 aliphatic carbocycles. The van der Waals surface area contributed by atoms with Crippen LogP contribution >= 0.6 is 15.9 Å². The fourth-order valence-corrected chi connectivity index (χ4v) is 2.02. The molecule has 19 heavy (non-hydrogen) atoms. The zero-order chi connectivity index (χ0) is 14.0. The van der Waals surface area contributed by atoms with Gasteiger partial charge in [0.2, 0.25) is 0 Å². The van der Waals surface area contributed by atoms with E-state index in [9.17, 15) is 13.9 Å². The number of benzene rings is 2. The first-order chi connectivity index (χ1) is 8.95. The van der Waals surface area contributed by atoms with E-state index in [0.29, 0.717) is 10.0 Å². The molecule has 1 N–H and O–H groups in total. The van der Waals surface area contributed by atoms with Gasteiger partial charge in [0.25, 0.3) is 0 Å². The molecule has 100 valence electrons. The Hall–Kier alpha value is -1.46. The number of halogens is 3. The second-order valence-electron chi connectivity index (χ2n) is 4.07. The summed E-state index contributed by atoms with van der Waals surface area (Å²) >= 11 is 3.13. The van der Waals surface area contributed by atoms with Crippen LogP contribution in [0.2, 0.25) is 0 Å². The first-order valence-electron chi connectivity index (χ1n) is 5.57. The summed E-state index contributed by atoms with van der Waals surface area (Å²) in [5, 5.41) is 9.34. The number of aliphatic hydroxyl groups excluding tert-OH is 1. The van der Waals surface area contributed by atoms with Crippen molar-refractivity contribution in [3.63, 3.8) is 0 Å². The van der Waals surface area contributed by atoms with Gasteiger partial charge in [0.05, 0.1) is 6.10 Å². The van der Waals surface area contributed by atoms with Gasteiger partial charge in [0.1, 0.15) is 11.6 Å². The van der Waals surface area contributed by atoms with E-state index in [0.717, 1.165) is 6.07 Å². The Labute approximate surface area is 117 Å². The minimum absolute atomic E-state index is 0.0260. The van der Waals surface area contributed by atoms with Crippen LogP contribution in [0.15, 0.2) is 40.9 Å². The molecule has 0 bridgehead atoms. The SMILES string of the molecule is C[C@@H](O)c1ccc(Oc2cc(F)cc(Br)c2)c(F)c1. The van der Waals surface area contributed by atoms with E-state index >= 15 is 0 Å². The molecule has 0 radical (unpaired) electrons. The quantitative estimate of drug-likeness (QED) is 0.894. The molecule has 2 rings (SSSR count). The van der Waals surface area contributed by atoms with E-state index < -0.39 is 17.7 Å². The summed E-state index contributed by atoms with van der Waals surface area (Å²) in [4.78, 5) is 0. The lowest BCUT2D eigenvalue weighted by atomic mass is 10.1. The number of hydrogen-bond acceptors (Lipinski definition) is 2. The van der Waals surface area contributed by atoms with Crippen molar-refractivity contribution in [3.8, 4) is 11.5 Å². The molecule has 0 heterocycles. The maximum atomic E-state index is 13.8. The Balaban J connectivity index is 2.28. The highest BCUT2D eigenvalue weighted by Gasteiger charge is 2.09. The van der Waals surface area contributed by atoms with Gasteiger partial charge in [-0.1, -0.05) is 22.0 Å². The van der Waals surface area contributed by atoms with Crippen molar-refractivity contribution in [2.75, 3.05) is 0 Å². The van der Waals surface area contributed by atoms with Gasteiger partial charge in [-0.15, -0.1) is 0 Å². The molecule has 1 atom stereocenters. The average Bonchev–Trinajstić information content (AvgIpc) is 2.30. The molecule has 2 nitrogen and oxygen atoms in total. The van der Waals surface area contributed by atoms with Crippen molar-refractivity contribution in [1.29, 1.82) is 0 Å². The maximum absolute atomic E-state index is 13.8. The van der Waals surface area contributed by atoms with Crippen molar-refractivity contribution in [2.45, 2.75) is 13.0 Å². The normalized spacial score (nSPS) is 12.3. The summed E-state index contributed by atoms with van der Waals surface area (Å²) in [7, 11) is 0. The van der Waals surface area contributed by atoms with Crippen molar-refractivity contribution < 1.29 is 18.6 Å². The summed E-state index contributed by atoms with van der Waals surface area (Å²) in [5.41, 5.74) is 0.449. The molecule has 0 aliphatic heterocycles. The van der Waals surface area contributed by atoms with Crippen molar-refractivity contribution in [2.24, 2.45) is 0 Å². The van der Waals surface area contributed by atoms with Crippen molar-refractivity contribution in [1.82, 2.24) is 0 Å². The predicted octanol–water partition coefficient (Wildman–Crippen LogP) is 4.57. The van der Waals surface area contributed by atoms with Crippen LogP contribution < -0.4 is 4.74 Å². The second-order valence-corrected chi connectivity index (χ2v) is 4.99. The van der Waals surface area contributed by atoms with Gasteiger partial charge in [-0.05, 0) is 36.8 Å². The molecule has 0 amide bonds. The van der Waals surface area contributed by atoms with Crippen LogP contribution in [-0.2, 0) is 0 Å². The van der Waals surface area contributed by atoms with Gasteiger partial charge in [-0.25, -0.2) is 8.78 Å². The lowest BCUT2D eigenvalue weighted by Gasteiger charge is -2.10. The highest BCUT2D eigenvalue weighted by molar-refractivity contribution is 9.10. The van der Waals surface area contributed by atoms with E-state index in [1.807, 2.05) is 0 Å². The molecule has 2 aromatic carbocycles. The molecule has 0 aromatic heterocycles. The third-order valence-corrected chi connectivity index (χ3v) is 2.96. The summed E-state index contributed by atoms with van der Waals surface area (Å²) in [5.74, 6) is -0.929. The van der Waals surface area contributed by atoms with Crippen LogP contribution in [0.5, 0.6) is 11.5 Å². The van der Waals surface area contributed by atoms with Gasteiger partial charge >= 0.3 is 0 Å². The van der Waals surface area contributed by atoms with Crippen LogP contribution in [0, 0.1) is 11.6 Å². The zero-order valence-corrected chi connectivity index (χ0v) is 11.6. The summed E-state index contributed by atoms with van der Waals surface area (Å²) in [6.07, 6.45) is -0.758. The van der Waals surface area contributed by atoms with E-state index in [1.165, 1.54) is 24.3 Å². The van der Waals surface area contributed by atoms with Crippen molar-refractivity contribution >= 4 is 15.9 Å². The van der Waals surface area contributed by atoms with E-state index in [2.05, 4.69) is 15.9 Å². The number of aliphatic hydroxyl groups is 1. The molecular formula is C14H11BrF2O2. The standard InChI is InChI=1S/C14H11BrF2O2/c1-8(18)9-2-3-14(13(17)4-9)19-12-6-10(15)5-11(16)7-12/h2-8,18H,1H3/t8-/m1/s1. The van der Waals surface area contributed by atoms with Gasteiger partial charge in [-0.3, -0.25) is 0 Å². The fourth-order valence-electron chi connectivity index (χ4n) is 1.57. The van der Waals surface area contributed by atoms with Crippen LogP contribution in [-0.4, -0.2) is 5.11 Å². The second kappa shape index (κ2) is 5.67. The Morgan fingerprint density at radius 2 is 1.89 bits per heavy atom. The largest absolute Gasteiger partial charge is 0.454 e. The summed E-state index contributed by atoms with van der Waals surface area (Å²) < 4.78 is 32.7. The van der Waals surface area contributed by atoms with E-state index in [-0.39, 0.29) is 11.5 Å². The topological polar surface area (TPSA) is 29.5 Å². The minimum atomic E-state index is -0.758. The molecule has 0 unspecified atom stereocenters. The van der Waals surface area contributed by atoms with Gasteiger partial charge in [0.15, 0.2) is 11.6 Å². The number of hydrogen-bond donors (Lipinski definition) is 1.